The molecule has 1 aromatic carbocycles. The molecule has 0 aliphatic heterocycles. The minimum absolute atomic E-state index is 0.0601. The Kier molecular flexibility index (Phi) is 4.61. The van der Waals surface area contributed by atoms with Crippen LogP contribution in [0, 0.1) is 0 Å². The minimum atomic E-state index is -0.0601. The molecule has 0 radical (unpaired) electrons. The van der Waals surface area contributed by atoms with E-state index in [9.17, 15) is 4.79 Å². The van der Waals surface area contributed by atoms with Gasteiger partial charge in [-0.15, -0.1) is 15.3 Å². The summed E-state index contributed by atoms with van der Waals surface area (Å²) in [6.45, 7) is 1.95. The van der Waals surface area contributed by atoms with Crippen molar-refractivity contribution >= 4 is 27.3 Å². The van der Waals surface area contributed by atoms with E-state index in [0.717, 1.165) is 12.0 Å². The van der Waals surface area contributed by atoms with E-state index < -0.39 is 0 Å². The highest BCUT2D eigenvalue weighted by atomic mass is 32.1. The number of anilines is 1. The van der Waals surface area contributed by atoms with Gasteiger partial charge in [0, 0.05) is 12.0 Å². The lowest BCUT2D eigenvalue weighted by Crippen LogP contribution is -2.10. The predicted molar refractivity (Wildman–Crippen MR) is 90.7 cm³/mol. The van der Waals surface area contributed by atoms with E-state index in [-0.39, 0.29) is 5.91 Å². The molecule has 0 unspecified atom stereocenters. The van der Waals surface area contributed by atoms with Crippen LogP contribution in [0.5, 0.6) is 11.5 Å². The van der Waals surface area contributed by atoms with E-state index in [1.165, 1.54) is 11.3 Å². The number of benzene rings is 1. The average molecular weight is 347 g/mol. The number of ether oxygens (including phenoxy) is 2. The van der Waals surface area contributed by atoms with Gasteiger partial charge >= 0.3 is 0 Å². The van der Waals surface area contributed by atoms with Gasteiger partial charge in [-0.1, -0.05) is 18.3 Å². The SMILES string of the molecule is CCCC(=O)Nc1nn2c(-c3ccc(OC)c(OC)c3)nnc2s1. The number of methoxy groups -OCH3 is 2. The van der Waals surface area contributed by atoms with Crippen molar-refractivity contribution in [2.45, 2.75) is 19.8 Å². The summed E-state index contributed by atoms with van der Waals surface area (Å²) in [6, 6.07) is 5.46. The van der Waals surface area contributed by atoms with Crippen LogP contribution < -0.4 is 14.8 Å². The standard InChI is InChI=1S/C15H17N5O3S/c1-4-5-12(21)16-14-19-20-13(17-18-15(20)24-14)9-6-7-10(22-2)11(8-9)23-3/h6-8H,4-5H2,1-3H3,(H,16,19,21). The van der Waals surface area contributed by atoms with Gasteiger partial charge in [-0.2, -0.15) is 4.52 Å². The van der Waals surface area contributed by atoms with E-state index in [0.29, 0.717) is 33.8 Å². The molecule has 2 heterocycles. The Morgan fingerprint density at radius 3 is 2.75 bits per heavy atom. The van der Waals surface area contributed by atoms with E-state index in [2.05, 4.69) is 20.6 Å². The third-order valence-electron chi connectivity index (χ3n) is 3.36. The molecule has 0 bridgehead atoms. The molecule has 0 aliphatic rings. The van der Waals surface area contributed by atoms with Gasteiger partial charge < -0.3 is 14.8 Å². The van der Waals surface area contributed by atoms with Crippen molar-refractivity contribution in [1.82, 2.24) is 19.8 Å². The molecule has 0 saturated heterocycles. The fraction of sp³-hybridized carbons (Fsp3) is 0.333. The predicted octanol–water partition coefficient (Wildman–Crippen LogP) is 2.61. The number of hydrogen-bond acceptors (Lipinski definition) is 7. The highest BCUT2D eigenvalue weighted by molar-refractivity contribution is 7.20. The first kappa shape index (κ1) is 16.2. The second-order valence-electron chi connectivity index (χ2n) is 4.99. The third-order valence-corrected chi connectivity index (χ3v) is 4.17. The van der Waals surface area contributed by atoms with Gasteiger partial charge in [-0.3, -0.25) is 4.79 Å². The molecule has 9 heteroatoms. The monoisotopic (exact) mass is 347 g/mol. The Morgan fingerprint density at radius 2 is 2.04 bits per heavy atom. The van der Waals surface area contributed by atoms with Gasteiger partial charge in [0.15, 0.2) is 17.3 Å². The van der Waals surface area contributed by atoms with Crippen molar-refractivity contribution in [3.05, 3.63) is 18.2 Å². The lowest BCUT2D eigenvalue weighted by Gasteiger charge is -2.08. The molecule has 3 rings (SSSR count). The first-order chi connectivity index (χ1) is 11.7. The molecule has 2 aromatic heterocycles. The van der Waals surface area contributed by atoms with Gasteiger partial charge in [0.1, 0.15) is 0 Å². The number of fused-ring (bicyclic) bond motifs is 1. The molecule has 24 heavy (non-hydrogen) atoms. The second kappa shape index (κ2) is 6.83. The summed E-state index contributed by atoms with van der Waals surface area (Å²) in [4.78, 5) is 12.3. The van der Waals surface area contributed by atoms with Crippen molar-refractivity contribution in [3.63, 3.8) is 0 Å². The summed E-state index contributed by atoms with van der Waals surface area (Å²) in [6.07, 6.45) is 1.25. The molecule has 3 aromatic rings. The number of nitrogens with one attached hydrogen (secondary N) is 1. The first-order valence-corrected chi connectivity index (χ1v) is 8.22. The fourth-order valence-electron chi connectivity index (χ4n) is 2.23. The van der Waals surface area contributed by atoms with E-state index in [1.54, 1.807) is 24.8 Å². The topological polar surface area (TPSA) is 90.6 Å². The summed E-state index contributed by atoms with van der Waals surface area (Å²) in [5.74, 6) is 1.74. The number of carbonyl (C=O) groups excluding carboxylic acids is 1. The maximum Gasteiger partial charge on any atom is 0.236 e. The molecular formula is C15H17N5O3S. The van der Waals surface area contributed by atoms with Crippen LogP contribution in [0.2, 0.25) is 0 Å². The molecular weight excluding hydrogens is 330 g/mol. The highest BCUT2D eigenvalue weighted by Gasteiger charge is 2.16. The van der Waals surface area contributed by atoms with Gasteiger partial charge in [0.25, 0.3) is 0 Å². The Hall–Kier alpha value is -2.68. The van der Waals surface area contributed by atoms with Crippen LogP contribution in [0.3, 0.4) is 0 Å². The van der Waals surface area contributed by atoms with Crippen LogP contribution in [-0.4, -0.2) is 39.9 Å². The van der Waals surface area contributed by atoms with E-state index in [4.69, 9.17) is 9.47 Å². The summed E-state index contributed by atoms with van der Waals surface area (Å²) in [5.41, 5.74) is 0.789. The van der Waals surface area contributed by atoms with Gasteiger partial charge in [0.2, 0.25) is 16.0 Å². The van der Waals surface area contributed by atoms with Crippen molar-refractivity contribution in [3.8, 4) is 22.9 Å². The molecule has 0 aliphatic carbocycles. The minimum Gasteiger partial charge on any atom is -0.493 e. The molecule has 0 atom stereocenters. The van der Waals surface area contributed by atoms with Crippen LogP contribution in [0.1, 0.15) is 19.8 Å². The Labute approximate surface area is 142 Å². The molecule has 1 amide bonds. The zero-order valence-electron chi connectivity index (χ0n) is 13.6. The zero-order valence-corrected chi connectivity index (χ0v) is 14.4. The smallest absolute Gasteiger partial charge is 0.236 e. The maximum atomic E-state index is 11.7. The second-order valence-corrected chi connectivity index (χ2v) is 5.95. The van der Waals surface area contributed by atoms with Crippen LogP contribution in [0.15, 0.2) is 18.2 Å². The van der Waals surface area contributed by atoms with Gasteiger partial charge in [0.05, 0.1) is 14.2 Å². The van der Waals surface area contributed by atoms with Crippen LogP contribution in [0.25, 0.3) is 16.3 Å². The number of amides is 1. The Bertz CT molecular complexity index is 873. The molecule has 8 nitrogen and oxygen atoms in total. The third kappa shape index (κ3) is 3.02. The van der Waals surface area contributed by atoms with Crippen LogP contribution in [0.4, 0.5) is 5.13 Å². The molecule has 126 valence electrons. The quantitative estimate of drug-likeness (QED) is 0.737. The van der Waals surface area contributed by atoms with Crippen LogP contribution >= 0.6 is 11.3 Å². The van der Waals surface area contributed by atoms with Crippen molar-refractivity contribution in [1.29, 1.82) is 0 Å². The summed E-state index contributed by atoms with van der Waals surface area (Å²) < 4.78 is 12.2. The summed E-state index contributed by atoms with van der Waals surface area (Å²) >= 11 is 1.27. The maximum absolute atomic E-state index is 11.7. The summed E-state index contributed by atoms with van der Waals surface area (Å²) in [7, 11) is 3.16. The number of carbonyl (C=O) groups is 1. The lowest BCUT2D eigenvalue weighted by atomic mass is 10.2. The Morgan fingerprint density at radius 1 is 1.25 bits per heavy atom. The molecule has 1 N–H and O–H groups in total. The molecule has 0 fully saturated rings. The lowest BCUT2D eigenvalue weighted by molar-refractivity contribution is -0.116. The molecule has 0 saturated carbocycles. The van der Waals surface area contributed by atoms with Crippen molar-refractivity contribution in [2.24, 2.45) is 0 Å². The Balaban J connectivity index is 1.95. The fourth-order valence-corrected chi connectivity index (χ4v) is 2.99. The first-order valence-electron chi connectivity index (χ1n) is 7.40. The van der Waals surface area contributed by atoms with Crippen molar-refractivity contribution in [2.75, 3.05) is 19.5 Å². The number of nitrogens with zero attached hydrogens (tertiary/aromatic N) is 4. The zero-order chi connectivity index (χ0) is 17.1. The van der Waals surface area contributed by atoms with Crippen LogP contribution in [-0.2, 0) is 4.79 Å². The molecule has 0 spiro atoms. The van der Waals surface area contributed by atoms with E-state index >= 15 is 0 Å². The number of hydrogen-bond donors (Lipinski definition) is 1. The average Bonchev–Trinajstić information content (AvgIpc) is 3.14. The van der Waals surface area contributed by atoms with E-state index in [1.807, 2.05) is 19.1 Å². The van der Waals surface area contributed by atoms with Crippen molar-refractivity contribution < 1.29 is 14.3 Å². The van der Waals surface area contributed by atoms with Gasteiger partial charge in [-0.05, 0) is 24.6 Å². The van der Waals surface area contributed by atoms with Gasteiger partial charge in [-0.25, -0.2) is 0 Å². The largest absolute Gasteiger partial charge is 0.493 e. The normalized spacial score (nSPS) is 10.8. The number of rotatable bonds is 6. The summed E-state index contributed by atoms with van der Waals surface area (Å²) in [5, 5.41) is 15.9. The highest BCUT2D eigenvalue weighted by Crippen LogP contribution is 2.32. The number of aromatic nitrogens is 4.